The van der Waals surface area contributed by atoms with E-state index >= 15 is 0 Å². The lowest BCUT2D eigenvalue weighted by Gasteiger charge is -2.12. The quantitative estimate of drug-likeness (QED) is 0.827. The van der Waals surface area contributed by atoms with Crippen molar-refractivity contribution in [1.82, 2.24) is 4.57 Å². The van der Waals surface area contributed by atoms with E-state index in [1.165, 1.54) is 18.2 Å². The van der Waals surface area contributed by atoms with Crippen LogP contribution in [0, 0.1) is 36.5 Å². The van der Waals surface area contributed by atoms with Gasteiger partial charge < -0.3 is 14.8 Å². The predicted octanol–water partition coefficient (Wildman–Crippen LogP) is 2.92. The minimum atomic E-state index is -1.23. The van der Waals surface area contributed by atoms with Gasteiger partial charge in [-0.05, 0) is 49.8 Å². The number of aryl methyl sites for hydroxylation is 1. The van der Waals surface area contributed by atoms with Crippen molar-refractivity contribution < 1.29 is 19.8 Å². The minimum absolute atomic E-state index is 0.0641. The molecule has 2 N–H and O–H groups in total. The first-order valence-electron chi connectivity index (χ1n) is 7.11. The molecular formula is C18H13N3O4. The molecule has 0 saturated carbocycles. The number of aromatic nitrogens is 1. The van der Waals surface area contributed by atoms with E-state index < -0.39 is 11.9 Å². The van der Waals surface area contributed by atoms with Crippen LogP contribution in [0.4, 0.5) is 0 Å². The van der Waals surface area contributed by atoms with Crippen LogP contribution in [0.2, 0.25) is 0 Å². The number of hydrogen-bond acceptors (Lipinski definition) is 4. The molecule has 0 radical (unpaired) electrons. The standard InChI is InChI=1S/C18H13N3O4/c1-10-3-13(4-12(8-19)9-20)11(2)21(10)16-6-14(17(22)23)5-15(7-16)18(24)25/h3-7H,1-2H3,(H,22,23)(H,24,25). The number of rotatable bonds is 4. The van der Waals surface area contributed by atoms with Gasteiger partial charge in [-0.3, -0.25) is 0 Å². The Balaban J connectivity index is 2.72. The summed E-state index contributed by atoms with van der Waals surface area (Å²) in [6.45, 7) is 3.50. The molecule has 0 fully saturated rings. The lowest BCUT2D eigenvalue weighted by atomic mass is 10.1. The topological polar surface area (TPSA) is 127 Å². The zero-order chi connectivity index (χ0) is 18.7. The molecule has 0 spiro atoms. The van der Waals surface area contributed by atoms with E-state index in [-0.39, 0.29) is 16.7 Å². The van der Waals surface area contributed by atoms with Crippen LogP contribution in [0.1, 0.15) is 37.7 Å². The number of carboxylic acids is 2. The maximum atomic E-state index is 11.3. The summed E-state index contributed by atoms with van der Waals surface area (Å²) >= 11 is 0. The molecule has 1 heterocycles. The zero-order valence-corrected chi connectivity index (χ0v) is 13.4. The summed E-state index contributed by atoms with van der Waals surface area (Å²) in [6, 6.07) is 9.13. The fourth-order valence-electron chi connectivity index (χ4n) is 2.56. The third kappa shape index (κ3) is 3.41. The number of benzene rings is 1. The van der Waals surface area contributed by atoms with Crippen molar-refractivity contribution in [3.8, 4) is 17.8 Å². The van der Waals surface area contributed by atoms with Gasteiger partial charge in [-0.15, -0.1) is 0 Å². The monoisotopic (exact) mass is 335 g/mol. The second-order valence-corrected chi connectivity index (χ2v) is 5.32. The van der Waals surface area contributed by atoms with Gasteiger partial charge in [0, 0.05) is 17.1 Å². The molecule has 0 unspecified atom stereocenters. The Morgan fingerprint density at radius 3 is 1.96 bits per heavy atom. The third-order valence-electron chi connectivity index (χ3n) is 3.68. The van der Waals surface area contributed by atoms with Crippen LogP contribution in [0.5, 0.6) is 0 Å². The second-order valence-electron chi connectivity index (χ2n) is 5.32. The Labute approximate surface area is 143 Å². The first-order valence-corrected chi connectivity index (χ1v) is 7.11. The summed E-state index contributed by atoms with van der Waals surface area (Å²) in [5.41, 5.74) is 2.00. The molecule has 0 bridgehead atoms. The Kier molecular flexibility index (Phi) is 4.71. The Morgan fingerprint density at radius 2 is 1.52 bits per heavy atom. The molecule has 0 atom stereocenters. The second kappa shape index (κ2) is 6.73. The SMILES string of the molecule is Cc1cc(C=C(C#N)C#N)c(C)n1-c1cc(C(=O)O)cc(C(=O)O)c1. The molecular weight excluding hydrogens is 322 g/mol. The lowest BCUT2D eigenvalue weighted by Crippen LogP contribution is -2.07. The molecule has 7 heteroatoms. The first-order chi connectivity index (χ1) is 11.8. The number of aromatic carboxylic acids is 2. The number of carboxylic acid groups (broad SMARTS) is 2. The van der Waals surface area contributed by atoms with Gasteiger partial charge in [0.05, 0.1) is 11.1 Å². The van der Waals surface area contributed by atoms with Crippen molar-refractivity contribution in [3.05, 3.63) is 57.9 Å². The van der Waals surface area contributed by atoms with Gasteiger partial charge in [0.2, 0.25) is 0 Å². The maximum Gasteiger partial charge on any atom is 0.335 e. The van der Waals surface area contributed by atoms with Crippen molar-refractivity contribution in [1.29, 1.82) is 10.5 Å². The average Bonchev–Trinajstić information content (AvgIpc) is 2.85. The van der Waals surface area contributed by atoms with Crippen molar-refractivity contribution in [3.63, 3.8) is 0 Å². The van der Waals surface area contributed by atoms with Crippen LogP contribution in [0.15, 0.2) is 29.8 Å². The van der Waals surface area contributed by atoms with Gasteiger partial charge in [-0.25, -0.2) is 9.59 Å². The molecule has 0 aliphatic heterocycles. The molecule has 1 aromatic heterocycles. The maximum absolute atomic E-state index is 11.3. The summed E-state index contributed by atoms with van der Waals surface area (Å²) in [5.74, 6) is -2.47. The highest BCUT2D eigenvalue weighted by molar-refractivity contribution is 5.94. The molecule has 0 aliphatic carbocycles. The van der Waals surface area contributed by atoms with Crippen LogP contribution >= 0.6 is 0 Å². The fraction of sp³-hybridized carbons (Fsp3) is 0.111. The molecule has 124 valence electrons. The van der Waals surface area contributed by atoms with E-state index in [4.69, 9.17) is 10.5 Å². The van der Waals surface area contributed by atoms with Crippen molar-refractivity contribution in [2.75, 3.05) is 0 Å². The van der Waals surface area contributed by atoms with Crippen LogP contribution in [0.25, 0.3) is 11.8 Å². The predicted molar refractivity (Wildman–Crippen MR) is 88.4 cm³/mol. The van der Waals surface area contributed by atoms with Gasteiger partial charge in [-0.1, -0.05) is 0 Å². The van der Waals surface area contributed by atoms with Crippen molar-refractivity contribution in [2.24, 2.45) is 0 Å². The molecule has 0 amide bonds. The third-order valence-corrected chi connectivity index (χ3v) is 3.68. The molecule has 0 aliphatic rings. The van der Waals surface area contributed by atoms with Crippen LogP contribution < -0.4 is 0 Å². The normalized spacial score (nSPS) is 9.76. The highest BCUT2D eigenvalue weighted by atomic mass is 16.4. The first kappa shape index (κ1) is 17.5. The number of carbonyl (C=O) groups is 2. The van der Waals surface area contributed by atoms with E-state index in [9.17, 15) is 19.8 Å². The van der Waals surface area contributed by atoms with Crippen molar-refractivity contribution >= 4 is 18.0 Å². The summed E-state index contributed by atoms with van der Waals surface area (Å²) in [7, 11) is 0. The number of allylic oxidation sites excluding steroid dienone is 1. The fourth-order valence-corrected chi connectivity index (χ4v) is 2.56. The average molecular weight is 335 g/mol. The van der Waals surface area contributed by atoms with Gasteiger partial charge in [0.15, 0.2) is 0 Å². The number of nitrogens with zero attached hydrogens (tertiary/aromatic N) is 3. The van der Waals surface area contributed by atoms with E-state index in [0.717, 1.165) is 6.07 Å². The summed E-state index contributed by atoms with van der Waals surface area (Å²) < 4.78 is 1.68. The number of hydrogen-bond donors (Lipinski definition) is 2. The van der Waals surface area contributed by atoms with E-state index in [1.807, 2.05) is 0 Å². The molecule has 2 rings (SSSR count). The molecule has 0 saturated heterocycles. The minimum Gasteiger partial charge on any atom is -0.478 e. The molecule has 25 heavy (non-hydrogen) atoms. The van der Waals surface area contributed by atoms with Gasteiger partial charge in [0.25, 0.3) is 0 Å². The molecule has 2 aromatic rings. The van der Waals surface area contributed by atoms with Gasteiger partial charge >= 0.3 is 11.9 Å². The van der Waals surface area contributed by atoms with E-state index in [1.54, 1.807) is 36.6 Å². The van der Waals surface area contributed by atoms with Crippen LogP contribution in [-0.2, 0) is 0 Å². The zero-order valence-electron chi connectivity index (χ0n) is 13.4. The van der Waals surface area contributed by atoms with Crippen LogP contribution in [-0.4, -0.2) is 26.7 Å². The smallest absolute Gasteiger partial charge is 0.335 e. The Bertz CT molecular complexity index is 952. The summed E-state index contributed by atoms with van der Waals surface area (Å²) in [4.78, 5) is 22.5. The summed E-state index contributed by atoms with van der Waals surface area (Å²) in [5, 5.41) is 36.2. The largest absolute Gasteiger partial charge is 0.478 e. The number of nitriles is 2. The van der Waals surface area contributed by atoms with Crippen LogP contribution in [0.3, 0.4) is 0 Å². The lowest BCUT2D eigenvalue weighted by molar-refractivity contribution is 0.0696. The molecule has 7 nitrogen and oxygen atoms in total. The Morgan fingerprint density at radius 1 is 1.00 bits per heavy atom. The Hall–Kier alpha value is -3.84. The molecule has 1 aromatic carbocycles. The summed E-state index contributed by atoms with van der Waals surface area (Å²) in [6.07, 6.45) is 1.43. The van der Waals surface area contributed by atoms with Gasteiger partial charge in [0.1, 0.15) is 17.7 Å². The highest BCUT2D eigenvalue weighted by Gasteiger charge is 2.16. The van der Waals surface area contributed by atoms with E-state index in [2.05, 4.69) is 0 Å². The van der Waals surface area contributed by atoms with Crippen molar-refractivity contribution in [2.45, 2.75) is 13.8 Å². The van der Waals surface area contributed by atoms with Gasteiger partial charge in [-0.2, -0.15) is 10.5 Å². The van der Waals surface area contributed by atoms with E-state index in [0.29, 0.717) is 22.6 Å². The highest BCUT2D eigenvalue weighted by Crippen LogP contribution is 2.24.